The molecular weight excluding hydrogens is 124 g/mol. The summed E-state index contributed by atoms with van der Waals surface area (Å²) in [6.45, 7) is 0.927. The van der Waals surface area contributed by atoms with Gasteiger partial charge in [-0.2, -0.15) is 0 Å². The molecule has 52 valence electrons. The zero-order chi connectivity index (χ0) is 6.54. The summed E-state index contributed by atoms with van der Waals surface area (Å²) in [6, 6.07) is 0. The zero-order valence-electron chi connectivity index (χ0n) is 5.08. The molecule has 2 aliphatic rings. The number of alkyl halides is 2. The minimum atomic E-state index is -2.35. The lowest BCUT2D eigenvalue weighted by Gasteiger charge is -2.54. The average molecular weight is 133 g/mol. The minimum Gasteiger partial charge on any atom is -0.311 e. The zero-order valence-corrected chi connectivity index (χ0v) is 5.08. The Balaban J connectivity index is 1.96. The Hall–Kier alpha value is -0.180. The lowest BCUT2D eigenvalue weighted by Crippen LogP contribution is -2.68. The van der Waals surface area contributed by atoms with Crippen LogP contribution in [0, 0.1) is 0 Å². The van der Waals surface area contributed by atoms with E-state index in [9.17, 15) is 8.78 Å². The van der Waals surface area contributed by atoms with E-state index in [1.54, 1.807) is 0 Å². The number of nitrogens with one attached hydrogen (secondary N) is 1. The Labute approximate surface area is 52.4 Å². The first kappa shape index (κ1) is 5.59. The molecule has 1 N–H and O–H groups in total. The molecule has 1 saturated carbocycles. The first-order valence-electron chi connectivity index (χ1n) is 3.25. The van der Waals surface area contributed by atoms with Crippen LogP contribution in [0.25, 0.3) is 0 Å². The van der Waals surface area contributed by atoms with Crippen molar-refractivity contribution in [2.45, 2.75) is 30.7 Å². The summed E-state index contributed by atoms with van der Waals surface area (Å²) in [5, 5.41) is 3.03. The van der Waals surface area contributed by atoms with E-state index in [-0.39, 0.29) is 18.4 Å². The number of rotatable bonds is 0. The van der Waals surface area contributed by atoms with Crippen LogP contribution in [-0.4, -0.2) is 18.0 Å². The Morgan fingerprint density at radius 3 is 1.89 bits per heavy atom. The second-order valence-electron chi connectivity index (χ2n) is 3.17. The predicted octanol–water partition coefficient (Wildman–Crippen LogP) is 1.15. The maximum absolute atomic E-state index is 12.2. The molecule has 0 aromatic heterocycles. The molecule has 0 unspecified atom stereocenters. The third kappa shape index (κ3) is 0.674. The van der Waals surface area contributed by atoms with Crippen LogP contribution in [-0.2, 0) is 0 Å². The van der Waals surface area contributed by atoms with Crippen molar-refractivity contribution in [3.05, 3.63) is 0 Å². The van der Waals surface area contributed by atoms with Crippen LogP contribution in [0.5, 0.6) is 0 Å². The molecule has 1 saturated heterocycles. The number of hydrogen-bond donors (Lipinski definition) is 1. The Bertz CT molecular complexity index is 130. The van der Waals surface area contributed by atoms with E-state index in [0.29, 0.717) is 0 Å². The second-order valence-corrected chi connectivity index (χ2v) is 3.17. The molecule has 2 fully saturated rings. The number of halogens is 2. The van der Waals surface area contributed by atoms with Gasteiger partial charge in [0.25, 0.3) is 5.92 Å². The second kappa shape index (κ2) is 1.29. The SMILES string of the molecule is FC1(F)CC2(CCN2)C1. The molecule has 0 atom stereocenters. The molecule has 9 heavy (non-hydrogen) atoms. The monoisotopic (exact) mass is 133 g/mol. The lowest BCUT2D eigenvalue weighted by atomic mass is 9.67. The highest BCUT2D eigenvalue weighted by Gasteiger charge is 2.58. The van der Waals surface area contributed by atoms with Crippen molar-refractivity contribution in [1.82, 2.24) is 5.32 Å². The van der Waals surface area contributed by atoms with Gasteiger partial charge in [-0.1, -0.05) is 0 Å². The van der Waals surface area contributed by atoms with E-state index in [1.807, 2.05) is 0 Å². The molecule has 3 heteroatoms. The summed E-state index contributed by atoms with van der Waals surface area (Å²) in [5.74, 6) is -2.35. The third-order valence-electron chi connectivity index (χ3n) is 2.30. The predicted molar refractivity (Wildman–Crippen MR) is 29.5 cm³/mol. The fourth-order valence-electron chi connectivity index (χ4n) is 1.72. The molecule has 1 nitrogen and oxygen atoms in total. The van der Waals surface area contributed by atoms with Gasteiger partial charge >= 0.3 is 0 Å². The van der Waals surface area contributed by atoms with Gasteiger partial charge in [0.15, 0.2) is 0 Å². The normalized spacial score (nSPS) is 35.3. The van der Waals surface area contributed by atoms with Crippen molar-refractivity contribution in [2.24, 2.45) is 0 Å². The highest BCUT2D eigenvalue weighted by molar-refractivity contribution is 5.10. The molecule has 1 heterocycles. The molecule has 1 aliphatic heterocycles. The molecule has 0 aromatic carbocycles. The fraction of sp³-hybridized carbons (Fsp3) is 1.00. The Morgan fingerprint density at radius 1 is 1.22 bits per heavy atom. The van der Waals surface area contributed by atoms with Crippen LogP contribution in [0.1, 0.15) is 19.3 Å². The van der Waals surface area contributed by atoms with Crippen LogP contribution >= 0.6 is 0 Å². The molecule has 1 spiro atoms. The van der Waals surface area contributed by atoms with Gasteiger partial charge in [-0.05, 0) is 13.0 Å². The molecular formula is C6H9F2N. The maximum atomic E-state index is 12.2. The van der Waals surface area contributed by atoms with Crippen LogP contribution in [0.15, 0.2) is 0 Å². The van der Waals surface area contributed by atoms with Crippen LogP contribution in [0.2, 0.25) is 0 Å². The summed E-state index contributed by atoms with van der Waals surface area (Å²) in [6.07, 6.45) is 1.09. The van der Waals surface area contributed by atoms with Crippen LogP contribution in [0.3, 0.4) is 0 Å². The van der Waals surface area contributed by atoms with Gasteiger partial charge < -0.3 is 5.32 Å². The van der Waals surface area contributed by atoms with E-state index in [0.717, 1.165) is 13.0 Å². The molecule has 0 amide bonds. The van der Waals surface area contributed by atoms with Crippen molar-refractivity contribution in [3.63, 3.8) is 0 Å². The first-order valence-corrected chi connectivity index (χ1v) is 3.25. The van der Waals surface area contributed by atoms with Gasteiger partial charge in [0.2, 0.25) is 0 Å². The topological polar surface area (TPSA) is 12.0 Å². The van der Waals surface area contributed by atoms with Crippen LogP contribution < -0.4 is 5.32 Å². The van der Waals surface area contributed by atoms with Gasteiger partial charge in [0.05, 0.1) is 0 Å². The van der Waals surface area contributed by atoms with Gasteiger partial charge in [0.1, 0.15) is 0 Å². The molecule has 0 radical (unpaired) electrons. The summed E-state index contributed by atoms with van der Waals surface area (Å²) in [7, 11) is 0. The van der Waals surface area contributed by atoms with Crippen molar-refractivity contribution >= 4 is 0 Å². The minimum absolute atomic E-state index is 0.0694. The van der Waals surface area contributed by atoms with Crippen molar-refractivity contribution in [3.8, 4) is 0 Å². The summed E-state index contributed by atoms with van der Waals surface area (Å²) in [4.78, 5) is 0. The van der Waals surface area contributed by atoms with Gasteiger partial charge in [0, 0.05) is 18.4 Å². The maximum Gasteiger partial charge on any atom is 0.251 e. The van der Waals surface area contributed by atoms with E-state index < -0.39 is 5.92 Å². The van der Waals surface area contributed by atoms with Crippen molar-refractivity contribution in [1.29, 1.82) is 0 Å². The average Bonchev–Trinajstić information content (AvgIpc) is 1.54. The summed E-state index contributed by atoms with van der Waals surface area (Å²) in [5.41, 5.74) is -0.122. The van der Waals surface area contributed by atoms with E-state index >= 15 is 0 Å². The van der Waals surface area contributed by atoms with E-state index in [1.165, 1.54) is 0 Å². The van der Waals surface area contributed by atoms with Crippen LogP contribution in [0.4, 0.5) is 8.78 Å². The number of hydrogen-bond acceptors (Lipinski definition) is 1. The molecule has 2 rings (SSSR count). The third-order valence-corrected chi connectivity index (χ3v) is 2.30. The van der Waals surface area contributed by atoms with E-state index in [4.69, 9.17) is 0 Å². The van der Waals surface area contributed by atoms with Crippen molar-refractivity contribution in [2.75, 3.05) is 6.54 Å². The largest absolute Gasteiger partial charge is 0.311 e. The van der Waals surface area contributed by atoms with E-state index in [2.05, 4.69) is 5.32 Å². The quantitative estimate of drug-likeness (QED) is 0.522. The Kier molecular flexibility index (Phi) is 0.799. The Morgan fingerprint density at radius 2 is 1.78 bits per heavy atom. The van der Waals surface area contributed by atoms with Crippen molar-refractivity contribution < 1.29 is 8.78 Å². The highest BCUT2D eigenvalue weighted by atomic mass is 19.3. The summed E-state index contributed by atoms with van der Waals surface area (Å²) >= 11 is 0. The lowest BCUT2D eigenvalue weighted by molar-refractivity contribution is -0.154. The fourth-order valence-corrected chi connectivity index (χ4v) is 1.72. The van der Waals surface area contributed by atoms with Gasteiger partial charge in [-0.15, -0.1) is 0 Å². The first-order chi connectivity index (χ1) is 4.12. The molecule has 0 aromatic rings. The highest BCUT2D eigenvalue weighted by Crippen LogP contribution is 2.50. The van der Waals surface area contributed by atoms with Gasteiger partial charge in [-0.3, -0.25) is 0 Å². The standard InChI is InChI=1S/C6H9F2N/c7-6(8)3-5(4-6)1-2-9-5/h9H,1-4H2. The van der Waals surface area contributed by atoms with Gasteiger partial charge in [-0.25, -0.2) is 8.78 Å². The molecule has 0 bridgehead atoms. The smallest absolute Gasteiger partial charge is 0.251 e. The summed E-state index contributed by atoms with van der Waals surface area (Å²) < 4.78 is 24.4. The molecule has 1 aliphatic carbocycles.